The average molecular weight is 157 g/mol. The molecule has 2 nitrogen and oxygen atoms in total. The van der Waals surface area contributed by atoms with E-state index >= 15 is 0 Å². The van der Waals surface area contributed by atoms with Gasteiger partial charge in [0.2, 0.25) is 0 Å². The first-order valence-corrected chi connectivity index (χ1v) is 4.20. The number of rotatable bonds is 2. The van der Waals surface area contributed by atoms with E-state index in [9.17, 15) is 5.11 Å². The van der Waals surface area contributed by atoms with Crippen molar-refractivity contribution >= 4 is 11.3 Å². The summed E-state index contributed by atoms with van der Waals surface area (Å²) >= 11 is 1.48. The summed E-state index contributed by atoms with van der Waals surface area (Å²) in [4.78, 5) is 0. The van der Waals surface area contributed by atoms with E-state index in [2.05, 4.69) is 0 Å². The summed E-state index contributed by atoms with van der Waals surface area (Å²) in [6.07, 6.45) is 0.865. The van der Waals surface area contributed by atoms with Crippen molar-refractivity contribution in [1.82, 2.24) is 0 Å². The third-order valence-electron chi connectivity index (χ3n) is 1.51. The minimum absolute atomic E-state index is 0.00810. The van der Waals surface area contributed by atoms with Gasteiger partial charge in [0.05, 0.1) is 0 Å². The van der Waals surface area contributed by atoms with E-state index in [1.54, 1.807) is 5.38 Å². The zero-order valence-corrected chi connectivity index (χ0v) is 6.69. The van der Waals surface area contributed by atoms with Crippen LogP contribution in [0.25, 0.3) is 0 Å². The maximum absolute atomic E-state index is 9.18. The maximum atomic E-state index is 9.18. The van der Waals surface area contributed by atoms with Gasteiger partial charge in [-0.2, -0.15) is 0 Å². The van der Waals surface area contributed by atoms with Crippen LogP contribution >= 0.6 is 11.3 Å². The Bertz CT molecular complexity index is 209. The molecule has 0 aromatic carbocycles. The monoisotopic (exact) mass is 157 g/mol. The van der Waals surface area contributed by atoms with Crippen LogP contribution in [0.4, 0.5) is 0 Å². The largest absolute Gasteiger partial charge is 0.507 e. The van der Waals surface area contributed by atoms with Crippen molar-refractivity contribution in [3.8, 4) is 5.75 Å². The lowest BCUT2D eigenvalue weighted by Gasteiger charge is -2.05. The summed E-state index contributed by atoms with van der Waals surface area (Å²) in [5.41, 5.74) is 6.55. The molecule has 1 heterocycles. The Morgan fingerprint density at radius 3 is 2.80 bits per heavy atom. The molecule has 56 valence electrons. The zero-order chi connectivity index (χ0) is 7.56. The second-order valence-electron chi connectivity index (χ2n) is 2.23. The van der Waals surface area contributed by atoms with E-state index in [0.717, 1.165) is 12.0 Å². The fourth-order valence-electron chi connectivity index (χ4n) is 0.797. The van der Waals surface area contributed by atoms with Crippen LogP contribution in [-0.2, 0) is 0 Å². The highest BCUT2D eigenvalue weighted by Gasteiger charge is 2.08. The van der Waals surface area contributed by atoms with Gasteiger partial charge >= 0.3 is 0 Å². The molecular weight excluding hydrogens is 146 g/mol. The lowest BCUT2D eigenvalue weighted by Crippen LogP contribution is -2.07. The molecule has 3 heteroatoms. The summed E-state index contributed by atoms with van der Waals surface area (Å²) in [6.45, 7) is 2.00. The molecule has 10 heavy (non-hydrogen) atoms. The van der Waals surface area contributed by atoms with Crippen molar-refractivity contribution in [2.45, 2.75) is 19.4 Å². The van der Waals surface area contributed by atoms with Crippen molar-refractivity contribution < 1.29 is 5.11 Å². The first-order chi connectivity index (χ1) is 4.75. The van der Waals surface area contributed by atoms with Crippen LogP contribution in [-0.4, -0.2) is 5.11 Å². The molecule has 3 N–H and O–H groups in total. The average Bonchev–Trinajstić information content (AvgIpc) is 2.34. The van der Waals surface area contributed by atoms with Gasteiger partial charge in [-0.15, -0.1) is 11.3 Å². The molecule has 0 bridgehead atoms. The predicted molar refractivity (Wildman–Crippen MR) is 43.2 cm³/mol. The van der Waals surface area contributed by atoms with Crippen LogP contribution in [0.1, 0.15) is 24.9 Å². The van der Waals surface area contributed by atoms with E-state index in [-0.39, 0.29) is 6.04 Å². The molecule has 0 saturated heterocycles. The van der Waals surface area contributed by atoms with E-state index in [1.165, 1.54) is 11.3 Å². The fourth-order valence-corrected chi connectivity index (χ4v) is 1.57. The maximum Gasteiger partial charge on any atom is 0.131 e. The third-order valence-corrected chi connectivity index (χ3v) is 2.26. The molecule has 0 radical (unpaired) electrons. The first-order valence-electron chi connectivity index (χ1n) is 3.26. The Kier molecular flexibility index (Phi) is 2.29. The zero-order valence-electron chi connectivity index (χ0n) is 5.87. The fraction of sp³-hybridized carbons (Fsp3) is 0.429. The quantitative estimate of drug-likeness (QED) is 0.688. The van der Waals surface area contributed by atoms with Crippen LogP contribution in [0.5, 0.6) is 5.75 Å². The van der Waals surface area contributed by atoms with E-state index < -0.39 is 0 Å². The number of aromatic hydroxyl groups is 1. The second kappa shape index (κ2) is 3.03. The molecule has 1 atom stereocenters. The van der Waals surface area contributed by atoms with Crippen molar-refractivity contribution in [3.05, 3.63) is 16.3 Å². The molecule has 1 aromatic rings. The standard InChI is InChI=1S/C7H11NOS/c1-2-6(8)5-3-10-4-7(5)9/h3-4,6,9H,2,8H2,1H3/t6-/m0/s1. The van der Waals surface area contributed by atoms with Crippen LogP contribution in [0.2, 0.25) is 0 Å². The highest BCUT2D eigenvalue weighted by atomic mass is 32.1. The molecule has 0 amide bonds. The highest BCUT2D eigenvalue weighted by molar-refractivity contribution is 7.08. The number of hydrogen-bond donors (Lipinski definition) is 2. The lowest BCUT2D eigenvalue weighted by atomic mass is 10.1. The van der Waals surface area contributed by atoms with Crippen LogP contribution in [0.3, 0.4) is 0 Å². The van der Waals surface area contributed by atoms with Gasteiger partial charge in [0.25, 0.3) is 0 Å². The molecule has 1 aromatic heterocycles. The molecule has 0 aliphatic rings. The van der Waals surface area contributed by atoms with Crippen LogP contribution in [0, 0.1) is 0 Å². The van der Waals surface area contributed by atoms with E-state index in [1.807, 2.05) is 12.3 Å². The number of thiophene rings is 1. The smallest absolute Gasteiger partial charge is 0.131 e. The van der Waals surface area contributed by atoms with Crippen LogP contribution in [0.15, 0.2) is 10.8 Å². The summed E-state index contributed by atoms with van der Waals surface area (Å²) in [5.74, 6) is 0.333. The SMILES string of the molecule is CC[C@H](N)c1cscc1O. The molecule has 0 aliphatic heterocycles. The van der Waals surface area contributed by atoms with Gasteiger partial charge in [-0.1, -0.05) is 6.92 Å². The van der Waals surface area contributed by atoms with E-state index in [0.29, 0.717) is 5.75 Å². The molecular formula is C7H11NOS. The minimum Gasteiger partial charge on any atom is -0.507 e. The Hall–Kier alpha value is -0.540. The van der Waals surface area contributed by atoms with Crippen molar-refractivity contribution in [2.75, 3.05) is 0 Å². The third kappa shape index (κ3) is 1.30. The normalized spacial score (nSPS) is 13.4. The topological polar surface area (TPSA) is 46.2 Å². The molecule has 0 aliphatic carbocycles. The molecule has 0 saturated carbocycles. The number of hydrogen-bond acceptors (Lipinski definition) is 3. The van der Waals surface area contributed by atoms with Gasteiger partial charge in [0.1, 0.15) is 5.75 Å². The summed E-state index contributed by atoms with van der Waals surface area (Å²) in [7, 11) is 0. The van der Waals surface area contributed by atoms with Gasteiger partial charge in [-0.05, 0) is 11.8 Å². The summed E-state index contributed by atoms with van der Waals surface area (Å²) < 4.78 is 0. The first kappa shape index (κ1) is 7.57. The van der Waals surface area contributed by atoms with Crippen LogP contribution < -0.4 is 5.73 Å². The summed E-state index contributed by atoms with van der Waals surface area (Å²) in [5, 5.41) is 12.8. The minimum atomic E-state index is -0.00810. The van der Waals surface area contributed by atoms with Gasteiger partial charge < -0.3 is 10.8 Å². The Balaban J connectivity index is 2.82. The van der Waals surface area contributed by atoms with Gasteiger partial charge in [-0.25, -0.2) is 0 Å². The van der Waals surface area contributed by atoms with Gasteiger partial charge in [0, 0.05) is 17.0 Å². The van der Waals surface area contributed by atoms with Crippen molar-refractivity contribution in [1.29, 1.82) is 0 Å². The van der Waals surface area contributed by atoms with Gasteiger partial charge in [-0.3, -0.25) is 0 Å². The second-order valence-corrected chi connectivity index (χ2v) is 2.97. The lowest BCUT2D eigenvalue weighted by molar-refractivity contribution is 0.463. The Morgan fingerprint density at radius 1 is 1.70 bits per heavy atom. The number of nitrogens with two attached hydrogens (primary N) is 1. The van der Waals surface area contributed by atoms with Crippen molar-refractivity contribution in [2.24, 2.45) is 5.73 Å². The summed E-state index contributed by atoms with van der Waals surface area (Å²) in [6, 6.07) is -0.00810. The highest BCUT2D eigenvalue weighted by Crippen LogP contribution is 2.27. The molecule has 0 spiro atoms. The van der Waals surface area contributed by atoms with Gasteiger partial charge in [0.15, 0.2) is 0 Å². The van der Waals surface area contributed by atoms with Crippen molar-refractivity contribution in [3.63, 3.8) is 0 Å². The Labute approximate surface area is 64.3 Å². The Morgan fingerprint density at radius 2 is 2.40 bits per heavy atom. The van der Waals surface area contributed by atoms with E-state index in [4.69, 9.17) is 5.73 Å². The molecule has 0 unspecified atom stereocenters. The molecule has 0 fully saturated rings. The molecule has 1 rings (SSSR count). The predicted octanol–water partition coefficient (Wildman–Crippen LogP) is 1.86.